The second-order valence-electron chi connectivity index (χ2n) is 3.37. The average Bonchev–Trinajstić information content (AvgIpc) is 2.20. The first-order valence-electron chi connectivity index (χ1n) is 4.80. The highest BCUT2D eigenvalue weighted by Crippen LogP contribution is 2.12. The van der Waals surface area contributed by atoms with Gasteiger partial charge in [0.1, 0.15) is 11.6 Å². The number of para-hydroxylation sites is 1. The zero-order valence-electron chi connectivity index (χ0n) is 9.02. The molecule has 0 radical (unpaired) electrons. The zero-order valence-corrected chi connectivity index (χ0v) is 9.84. The van der Waals surface area contributed by atoms with E-state index >= 15 is 0 Å². The van der Waals surface area contributed by atoms with Crippen LogP contribution in [0.15, 0.2) is 36.9 Å². The molecule has 0 aliphatic heterocycles. The molecule has 6 heteroatoms. The molecular weight excluding hydrogens is 245 g/mol. The normalized spacial score (nSPS) is 10.9. The molecule has 0 heterocycles. The van der Waals surface area contributed by atoms with E-state index in [0.29, 0.717) is 0 Å². The highest BCUT2D eigenvalue weighted by molar-refractivity contribution is 7.92. The van der Waals surface area contributed by atoms with Crippen molar-refractivity contribution in [2.45, 2.75) is 0 Å². The second-order valence-corrected chi connectivity index (χ2v) is 5.48. The molecule has 0 unspecified atom stereocenters. The van der Waals surface area contributed by atoms with Crippen LogP contribution in [0.3, 0.4) is 0 Å². The van der Waals surface area contributed by atoms with Gasteiger partial charge in [0.05, 0.1) is 11.4 Å². The molecule has 1 aromatic carbocycles. The Kier molecular flexibility index (Phi) is 4.39. The fourth-order valence-electron chi connectivity index (χ4n) is 1.19. The van der Waals surface area contributed by atoms with Crippen molar-refractivity contribution in [3.8, 4) is 0 Å². The fourth-order valence-corrected chi connectivity index (χ4v) is 2.14. The van der Waals surface area contributed by atoms with Gasteiger partial charge in [-0.1, -0.05) is 18.2 Å². The number of carbonyl (C=O) groups excluding carboxylic acids is 1. The average molecular weight is 257 g/mol. The van der Waals surface area contributed by atoms with Gasteiger partial charge in [-0.3, -0.25) is 4.79 Å². The summed E-state index contributed by atoms with van der Waals surface area (Å²) in [5.74, 6) is -2.34. The van der Waals surface area contributed by atoms with E-state index < -0.39 is 27.3 Å². The third kappa shape index (κ3) is 4.36. The van der Waals surface area contributed by atoms with Crippen molar-refractivity contribution in [3.63, 3.8) is 0 Å². The summed E-state index contributed by atoms with van der Waals surface area (Å²) in [4.78, 5) is 11.4. The topological polar surface area (TPSA) is 63.2 Å². The Balaban J connectivity index is 2.69. The van der Waals surface area contributed by atoms with Crippen LogP contribution in [0.5, 0.6) is 0 Å². The highest BCUT2D eigenvalue weighted by atomic mass is 32.2. The summed E-state index contributed by atoms with van der Waals surface area (Å²) in [6.07, 6.45) is 1.20. The van der Waals surface area contributed by atoms with Crippen LogP contribution in [0, 0.1) is 5.82 Å². The molecular formula is C11H12FNO3S. The van der Waals surface area contributed by atoms with Gasteiger partial charge in [-0.15, -0.1) is 6.58 Å². The molecule has 0 bridgehead atoms. The van der Waals surface area contributed by atoms with Crippen LogP contribution in [0.2, 0.25) is 0 Å². The van der Waals surface area contributed by atoms with E-state index in [0.717, 1.165) is 0 Å². The van der Waals surface area contributed by atoms with Gasteiger partial charge in [-0.2, -0.15) is 0 Å². The summed E-state index contributed by atoms with van der Waals surface area (Å²) in [5, 5.41) is 2.20. The van der Waals surface area contributed by atoms with E-state index in [1.807, 2.05) is 0 Å². The van der Waals surface area contributed by atoms with Gasteiger partial charge in [0.2, 0.25) is 5.91 Å². The Hall–Kier alpha value is -1.69. The van der Waals surface area contributed by atoms with Crippen LogP contribution in [0.25, 0.3) is 0 Å². The van der Waals surface area contributed by atoms with Crippen molar-refractivity contribution in [3.05, 3.63) is 42.7 Å². The Bertz CT molecular complexity index is 525. The summed E-state index contributed by atoms with van der Waals surface area (Å²) in [6, 6.07) is 5.54. The van der Waals surface area contributed by atoms with Gasteiger partial charge in [0, 0.05) is 0 Å². The Morgan fingerprint density at radius 3 is 2.65 bits per heavy atom. The minimum atomic E-state index is -3.52. The van der Waals surface area contributed by atoms with Gasteiger partial charge < -0.3 is 5.32 Å². The number of carbonyl (C=O) groups is 1. The van der Waals surface area contributed by atoms with Crippen molar-refractivity contribution in [2.75, 3.05) is 16.8 Å². The number of amides is 1. The smallest absolute Gasteiger partial charge is 0.239 e. The first-order chi connectivity index (χ1) is 7.94. The first kappa shape index (κ1) is 13.4. The number of sulfone groups is 1. The third-order valence-corrected chi connectivity index (χ3v) is 3.32. The number of halogens is 1. The summed E-state index contributed by atoms with van der Waals surface area (Å²) < 4.78 is 35.7. The monoisotopic (exact) mass is 257 g/mol. The maximum atomic E-state index is 13.2. The lowest BCUT2D eigenvalue weighted by molar-refractivity contribution is -0.113. The van der Waals surface area contributed by atoms with E-state index in [9.17, 15) is 17.6 Å². The number of benzene rings is 1. The maximum Gasteiger partial charge on any atom is 0.239 e. The molecule has 0 saturated heterocycles. The van der Waals surface area contributed by atoms with Crippen molar-refractivity contribution in [2.24, 2.45) is 0 Å². The predicted octanol–water partition coefficient (Wildman–Crippen LogP) is 1.36. The Morgan fingerprint density at radius 1 is 1.41 bits per heavy atom. The quantitative estimate of drug-likeness (QED) is 0.810. The van der Waals surface area contributed by atoms with Gasteiger partial charge in [0.15, 0.2) is 9.84 Å². The molecule has 0 aromatic heterocycles. The highest BCUT2D eigenvalue weighted by Gasteiger charge is 2.15. The fraction of sp³-hybridized carbons (Fsp3) is 0.182. The molecule has 1 amide bonds. The van der Waals surface area contributed by atoms with Crippen molar-refractivity contribution < 1.29 is 17.6 Å². The van der Waals surface area contributed by atoms with E-state index in [1.54, 1.807) is 0 Å². The molecule has 1 N–H and O–H groups in total. The largest absolute Gasteiger partial charge is 0.323 e. The summed E-state index contributed by atoms with van der Waals surface area (Å²) >= 11 is 0. The molecule has 0 aliphatic carbocycles. The summed E-state index contributed by atoms with van der Waals surface area (Å²) in [5.41, 5.74) is -0.0358. The second kappa shape index (κ2) is 5.58. The molecule has 1 aromatic rings. The van der Waals surface area contributed by atoms with E-state index in [1.165, 1.54) is 30.3 Å². The zero-order chi connectivity index (χ0) is 12.9. The SMILES string of the molecule is C=CCS(=O)(=O)CC(=O)Nc1ccccc1F. The number of hydrogen-bond acceptors (Lipinski definition) is 3. The third-order valence-electron chi connectivity index (χ3n) is 1.87. The van der Waals surface area contributed by atoms with Gasteiger partial charge in [-0.25, -0.2) is 12.8 Å². The van der Waals surface area contributed by atoms with Gasteiger partial charge in [0.25, 0.3) is 0 Å². The molecule has 0 aliphatic rings. The lowest BCUT2D eigenvalue weighted by Gasteiger charge is -2.05. The molecule has 92 valence electrons. The summed E-state index contributed by atoms with van der Waals surface area (Å²) in [6.45, 7) is 3.28. The minimum absolute atomic E-state index is 0.0358. The van der Waals surface area contributed by atoms with Gasteiger partial charge in [-0.05, 0) is 12.1 Å². The van der Waals surface area contributed by atoms with Crippen LogP contribution >= 0.6 is 0 Å². The van der Waals surface area contributed by atoms with Crippen LogP contribution in [-0.2, 0) is 14.6 Å². The number of nitrogens with one attached hydrogen (secondary N) is 1. The van der Waals surface area contributed by atoms with Crippen LogP contribution in [0.1, 0.15) is 0 Å². The molecule has 17 heavy (non-hydrogen) atoms. The van der Waals surface area contributed by atoms with Crippen molar-refractivity contribution >= 4 is 21.4 Å². The van der Waals surface area contributed by atoms with Crippen molar-refractivity contribution in [1.29, 1.82) is 0 Å². The lowest BCUT2D eigenvalue weighted by Crippen LogP contribution is -2.24. The molecule has 4 nitrogen and oxygen atoms in total. The van der Waals surface area contributed by atoms with E-state index in [-0.39, 0.29) is 11.4 Å². The number of rotatable bonds is 5. The van der Waals surface area contributed by atoms with Crippen molar-refractivity contribution in [1.82, 2.24) is 0 Å². The first-order valence-corrected chi connectivity index (χ1v) is 6.62. The maximum absolute atomic E-state index is 13.2. The van der Waals surface area contributed by atoms with Crippen LogP contribution in [0.4, 0.5) is 10.1 Å². The molecule has 0 saturated carbocycles. The van der Waals surface area contributed by atoms with E-state index in [2.05, 4.69) is 11.9 Å². The number of anilines is 1. The van der Waals surface area contributed by atoms with Gasteiger partial charge >= 0.3 is 0 Å². The Labute approximate surface area is 99.1 Å². The molecule has 0 fully saturated rings. The molecule has 0 atom stereocenters. The van der Waals surface area contributed by atoms with Crippen LogP contribution in [-0.4, -0.2) is 25.8 Å². The molecule has 0 spiro atoms. The molecule has 1 rings (SSSR count). The summed E-state index contributed by atoms with van der Waals surface area (Å²) in [7, 11) is -3.52. The predicted molar refractivity (Wildman–Crippen MR) is 63.9 cm³/mol. The Morgan fingerprint density at radius 2 is 2.06 bits per heavy atom. The van der Waals surface area contributed by atoms with E-state index in [4.69, 9.17) is 0 Å². The van der Waals surface area contributed by atoms with Crippen LogP contribution < -0.4 is 5.32 Å². The minimum Gasteiger partial charge on any atom is -0.323 e. The standard InChI is InChI=1S/C11H12FNO3S/c1-2-7-17(15,16)8-11(14)13-10-6-4-3-5-9(10)12/h2-6H,1,7-8H2,(H,13,14). The number of hydrogen-bond donors (Lipinski definition) is 1. The lowest BCUT2D eigenvalue weighted by atomic mass is 10.3.